The fraction of sp³-hybridized carbons (Fsp3) is 1.00. The summed E-state index contributed by atoms with van der Waals surface area (Å²) in [6.07, 6.45) is 1.27. The van der Waals surface area contributed by atoms with Gasteiger partial charge in [0.2, 0.25) is 0 Å². The van der Waals surface area contributed by atoms with Crippen molar-refractivity contribution in [3.05, 3.63) is 0 Å². The minimum absolute atomic E-state index is 0. The third-order valence-electron chi connectivity index (χ3n) is 3.07. The van der Waals surface area contributed by atoms with E-state index in [4.69, 9.17) is 0 Å². The monoisotopic (exact) mass is 304 g/mol. The maximum absolute atomic E-state index is 11.2. The predicted octanol–water partition coefficient (Wildman–Crippen LogP) is -5.57. The molecule has 0 aromatic heterocycles. The van der Waals surface area contributed by atoms with Crippen molar-refractivity contribution < 1.29 is 34.7 Å². The van der Waals surface area contributed by atoms with Crippen LogP contribution in [0.15, 0.2) is 0 Å². The molecule has 2 aliphatic heterocycles. The zero-order chi connectivity index (χ0) is 11.8. The highest BCUT2D eigenvalue weighted by atomic mass is 35.5. The normalized spacial score (nSPS) is 34.4. The molecule has 2 unspecified atom stereocenters. The number of halogens is 1. The molecule has 3 N–H and O–H groups in total. The first-order valence-corrected chi connectivity index (χ1v) is 9.01. The summed E-state index contributed by atoms with van der Waals surface area (Å²) >= 11 is 0. The highest BCUT2D eigenvalue weighted by Crippen LogP contribution is 2.10. The van der Waals surface area contributed by atoms with Crippen LogP contribution in [0.25, 0.3) is 0 Å². The van der Waals surface area contributed by atoms with Gasteiger partial charge in [-0.15, -0.1) is 0 Å². The highest BCUT2D eigenvalue weighted by molar-refractivity contribution is 7.91. The van der Waals surface area contributed by atoms with Crippen molar-refractivity contribution in [2.45, 2.75) is 24.9 Å². The lowest BCUT2D eigenvalue weighted by Gasteiger charge is -2.12. The van der Waals surface area contributed by atoms with Gasteiger partial charge in [-0.05, 0) is 6.42 Å². The third-order valence-corrected chi connectivity index (χ3v) is 6.63. The lowest BCUT2D eigenvalue weighted by molar-refractivity contribution is -0.741. The Bertz CT molecular complexity index is 418. The van der Waals surface area contributed by atoms with E-state index < -0.39 is 19.7 Å². The van der Waals surface area contributed by atoms with Crippen LogP contribution in [0.5, 0.6) is 0 Å². The molecule has 0 amide bonds. The maximum atomic E-state index is 11.2. The summed E-state index contributed by atoms with van der Waals surface area (Å²) in [4.78, 5) is 0. The number of sulfone groups is 2. The lowest BCUT2D eigenvalue weighted by Crippen LogP contribution is -3.00. The zero-order valence-electron chi connectivity index (χ0n) is 9.30. The fourth-order valence-corrected chi connectivity index (χ4v) is 5.58. The fourth-order valence-electron chi connectivity index (χ4n) is 2.15. The summed E-state index contributed by atoms with van der Waals surface area (Å²) in [5.74, 6) is 0.850. The van der Waals surface area contributed by atoms with Crippen LogP contribution in [-0.2, 0) is 19.7 Å². The first-order chi connectivity index (χ1) is 7.36. The van der Waals surface area contributed by atoms with Crippen molar-refractivity contribution >= 4 is 19.7 Å². The summed E-state index contributed by atoms with van der Waals surface area (Å²) in [7, 11) is -5.72. The molecule has 0 aromatic carbocycles. The topological polar surface area (TPSA) is 96.9 Å². The number of hydrogen-bond donors (Lipinski definition) is 2. The van der Waals surface area contributed by atoms with Gasteiger partial charge in [0.25, 0.3) is 0 Å². The SMILES string of the molecule is O=S1(=O)CCC(N[NH2+]C2CCS(=O)(=O)C2)C1.[Cl-]. The van der Waals surface area contributed by atoms with Gasteiger partial charge in [-0.3, -0.25) is 5.43 Å². The Morgan fingerprint density at radius 1 is 0.941 bits per heavy atom. The van der Waals surface area contributed by atoms with Crippen LogP contribution in [0, 0.1) is 0 Å². The summed E-state index contributed by atoms with van der Waals surface area (Å²) in [5, 5.41) is 0. The second-order valence-corrected chi connectivity index (χ2v) is 9.05. The van der Waals surface area contributed by atoms with Gasteiger partial charge in [-0.1, -0.05) is 0 Å². The van der Waals surface area contributed by atoms with Gasteiger partial charge in [-0.2, -0.15) is 5.43 Å². The van der Waals surface area contributed by atoms with Gasteiger partial charge < -0.3 is 12.4 Å². The number of quaternary nitrogens is 1. The Kier molecular flexibility index (Phi) is 4.81. The van der Waals surface area contributed by atoms with Gasteiger partial charge in [0, 0.05) is 6.42 Å². The van der Waals surface area contributed by atoms with E-state index in [0.717, 1.165) is 0 Å². The molecule has 2 aliphatic rings. The van der Waals surface area contributed by atoms with Gasteiger partial charge >= 0.3 is 0 Å². The molecule has 2 saturated heterocycles. The van der Waals surface area contributed by atoms with Crippen molar-refractivity contribution in [2.24, 2.45) is 0 Å². The van der Waals surface area contributed by atoms with Crippen molar-refractivity contribution in [3.8, 4) is 0 Å². The number of nitrogens with one attached hydrogen (secondary N) is 1. The molecular weight excluding hydrogens is 288 g/mol. The second kappa shape index (κ2) is 5.40. The summed E-state index contributed by atoms with van der Waals surface area (Å²) in [6.45, 7) is 0. The molecule has 0 radical (unpaired) electrons. The molecule has 102 valence electrons. The third kappa shape index (κ3) is 4.36. The smallest absolute Gasteiger partial charge is 0.156 e. The minimum atomic E-state index is -2.86. The maximum Gasteiger partial charge on any atom is 0.156 e. The molecule has 6 nitrogen and oxygen atoms in total. The van der Waals surface area contributed by atoms with E-state index in [2.05, 4.69) is 5.43 Å². The van der Waals surface area contributed by atoms with Crippen LogP contribution >= 0.6 is 0 Å². The van der Waals surface area contributed by atoms with Crippen LogP contribution in [0.1, 0.15) is 12.8 Å². The largest absolute Gasteiger partial charge is 1.00 e. The molecule has 0 saturated carbocycles. The van der Waals surface area contributed by atoms with Crippen LogP contribution in [0.4, 0.5) is 0 Å². The van der Waals surface area contributed by atoms with Crippen molar-refractivity contribution in [1.29, 1.82) is 0 Å². The van der Waals surface area contributed by atoms with Crippen LogP contribution in [0.3, 0.4) is 0 Å². The van der Waals surface area contributed by atoms with Gasteiger partial charge in [0.1, 0.15) is 11.8 Å². The molecule has 17 heavy (non-hydrogen) atoms. The molecule has 2 atom stereocenters. The van der Waals surface area contributed by atoms with E-state index in [9.17, 15) is 16.8 Å². The lowest BCUT2D eigenvalue weighted by atomic mass is 10.2. The first-order valence-electron chi connectivity index (χ1n) is 5.37. The quantitative estimate of drug-likeness (QED) is 0.400. The van der Waals surface area contributed by atoms with E-state index >= 15 is 0 Å². The molecule has 0 spiro atoms. The molecule has 2 heterocycles. The van der Waals surface area contributed by atoms with Crippen LogP contribution in [0.2, 0.25) is 0 Å². The van der Waals surface area contributed by atoms with Gasteiger partial charge in [0.05, 0.1) is 23.3 Å². The molecular formula is C8H17ClN2O4S2. The Labute approximate surface area is 108 Å². The number of rotatable bonds is 3. The Balaban J connectivity index is 0.00000144. The summed E-state index contributed by atoms with van der Waals surface area (Å²) in [6, 6.07) is 0.00149. The first kappa shape index (κ1) is 15.2. The van der Waals surface area contributed by atoms with Crippen LogP contribution < -0.4 is 23.3 Å². The van der Waals surface area contributed by atoms with Crippen molar-refractivity contribution in [3.63, 3.8) is 0 Å². The molecule has 0 aromatic rings. The second-order valence-electron chi connectivity index (χ2n) is 4.60. The Morgan fingerprint density at radius 3 is 2.00 bits per heavy atom. The van der Waals surface area contributed by atoms with E-state index in [1.54, 1.807) is 5.43 Å². The average molecular weight is 305 g/mol. The number of hydrogen-bond acceptors (Lipinski definition) is 5. The molecule has 0 bridgehead atoms. The van der Waals surface area contributed by atoms with E-state index in [1.807, 2.05) is 0 Å². The Morgan fingerprint density at radius 2 is 1.53 bits per heavy atom. The van der Waals surface area contributed by atoms with Crippen molar-refractivity contribution in [2.75, 3.05) is 23.0 Å². The highest BCUT2D eigenvalue weighted by Gasteiger charge is 2.33. The standard InChI is InChI=1S/C8H16N2O4S2.ClH/c11-15(12)3-1-7(5-15)9-10-8-2-4-16(13,14)6-8;/h7-10H,1-6H2;1H. The van der Waals surface area contributed by atoms with E-state index in [0.29, 0.717) is 12.8 Å². The van der Waals surface area contributed by atoms with Crippen LogP contribution in [-0.4, -0.2) is 51.9 Å². The van der Waals surface area contributed by atoms with E-state index in [-0.39, 0.29) is 47.5 Å². The summed E-state index contributed by atoms with van der Waals surface area (Å²) < 4.78 is 44.8. The zero-order valence-corrected chi connectivity index (χ0v) is 11.7. The van der Waals surface area contributed by atoms with E-state index in [1.165, 1.54) is 0 Å². The molecule has 2 fully saturated rings. The van der Waals surface area contributed by atoms with Crippen molar-refractivity contribution in [1.82, 2.24) is 5.43 Å². The minimum Gasteiger partial charge on any atom is -1.00 e. The molecule has 0 aliphatic carbocycles. The Hall–Kier alpha value is 0.110. The summed E-state index contributed by atoms with van der Waals surface area (Å²) in [5.41, 5.74) is 4.82. The molecule has 9 heteroatoms. The number of nitrogens with two attached hydrogens (primary N) is 1. The van der Waals surface area contributed by atoms with Gasteiger partial charge in [0.15, 0.2) is 19.7 Å². The predicted molar refractivity (Wildman–Crippen MR) is 59.2 cm³/mol. The van der Waals surface area contributed by atoms with Gasteiger partial charge in [-0.25, -0.2) is 16.8 Å². The average Bonchev–Trinajstić information content (AvgIpc) is 2.66. The molecule has 2 rings (SSSR count).